The van der Waals surface area contributed by atoms with Gasteiger partial charge in [-0.2, -0.15) is 0 Å². The van der Waals surface area contributed by atoms with Crippen LogP contribution in [0.25, 0.3) is 0 Å². The molecule has 1 spiro atoms. The summed E-state index contributed by atoms with van der Waals surface area (Å²) in [7, 11) is 0. The molecule has 9 heteroatoms. The summed E-state index contributed by atoms with van der Waals surface area (Å²) in [6.45, 7) is 6.21. The van der Waals surface area contributed by atoms with Crippen LogP contribution in [0, 0.1) is 17.2 Å². The average Bonchev–Trinajstić information content (AvgIpc) is 3.12. The summed E-state index contributed by atoms with van der Waals surface area (Å²) in [6, 6.07) is 4.44. The molecule has 3 aliphatic heterocycles. The van der Waals surface area contributed by atoms with Gasteiger partial charge >= 0.3 is 0 Å². The number of fused-ring (bicyclic) bond motifs is 1. The Morgan fingerprint density at radius 3 is 2.78 bits per heavy atom. The zero-order valence-electron chi connectivity index (χ0n) is 18.1. The second-order valence-corrected chi connectivity index (χ2v) is 9.72. The van der Waals surface area contributed by atoms with E-state index in [0.29, 0.717) is 13.0 Å². The average molecular weight is 465 g/mol. The molecule has 0 aromatic heterocycles. The number of nitrogens with one attached hydrogen (secondary N) is 1. The fourth-order valence-electron chi connectivity index (χ4n) is 4.75. The van der Waals surface area contributed by atoms with Crippen molar-refractivity contribution in [3.8, 4) is 0 Å². The van der Waals surface area contributed by atoms with Gasteiger partial charge in [0.1, 0.15) is 17.6 Å². The molecule has 4 rings (SSSR count). The number of nitrogens with zero attached hydrogens (tertiary/aromatic N) is 1. The third-order valence-electron chi connectivity index (χ3n) is 6.78. The first-order valence-electron chi connectivity index (χ1n) is 10.5. The van der Waals surface area contributed by atoms with Crippen molar-refractivity contribution in [1.29, 1.82) is 0 Å². The molecule has 1 amide bonds. The molecule has 3 heterocycles. The maximum Gasteiger partial charge on any atom is 0.252 e. The summed E-state index contributed by atoms with van der Waals surface area (Å²) in [6.07, 6.45) is 0.343. The minimum atomic E-state index is -1.68. The van der Waals surface area contributed by atoms with Crippen LogP contribution in [0.15, 0.2) is 41.4 Å². The van der Waals surface area contributed by atoms with Crippen molar-refractivity contribution in [3.63, 3.8) is 0 Å². The van der Waals surface area contributed by atoms with Gasteiger partial charge in [0.05, 0.1) is 34.8 Å². The first kappa shape index (κ1) is 22.8. The highest BCUT2D eigenvalue weighted by Gasteiger charge is 2.60. The number of benzene rings is 1. The Hall–Kier alpha value is -2.42. The normalized spacial score (nSPS) is 29.2. The number of amides is 1. The highest BCUT2D eigenvalue weighted by atomic mass is 35.5. The lowest BCUT2D eigenvalue weighted by molar-refractivity contribution is -0.155. The molecule has 32 heavy (non-hydrogen) atoms. The van der Waals surface area contributed by atoms with Gasteiger partial charge in [-0.25, -0.2) is 4.39 Å². The van der Waals surface area contributed by atoms with E-state index in [1.165, 1.54) is 23.2 Å². The Morgan fingerprint density at radius 1 is 1.41 bits per heavy atom. The van der Waals surface area contributed by atoms with E-state index in [9.17, 15) is 24.2 Å². The quantitative estimate of drug-likeness (QED) is 0.636. The number of carbonyl (C=O) groups excluding carboxylic acids is 2. The minimum absolute atomic E-state index is 0.0336. The summed E-state index contributed by atoms with van der Waals surface area (Å²) < 4.78 is 20.2. The SMILES string of the molecule is CC1COC2(C1)CN1C=C(C(=O)NCc3cccc(Cl)c3F)C(O)C(O)=C1C(=O)C2(C)C. The van der Waals surface area contributed by atoms with Crippen LogP contribution in [0.2, 0.25) is 5.02 Å². The number of carbonyl (C=O) groups is 2. The Bertz CT molecular complexity index is 1050. The van der Waals surface area contributed by atoms with Gasteiger partial charge in [-0.15, -0.1) is 0 Å². The molecule has 3 aliphatic rings. The molecule has 1 aromatic rings. The van der Waals surface area contributed by atoms with Crippen LogP contribution < -0.4 is 5.32 Å². The molecule has 0 bridgehead atoms. The number of rotatable bonds is 3. The Labute approximate surface area is 190 Å². The first-order chi connectivity index (χ1) is 15.0. The van der Waals surface area contributed by atoms with E-state index < -0.39 is 34.6 Å². The number of aliphatic hydroxyl groups is 2. The standard InChI is InChI=1S/C23H26ClFN2O5/c1-12-7-23(32-10-12)11-27-9-14(18(28)19(29)17(27)20(30)22(23,2)3)21(31)26-8-13-5-4-6-15(24)16(13)25/h4-6,9,12,18,28-29H,7-8,10-11H2,1-3H3,(H,26,31). The van der Waals surface area contributed by atoms with Gasteiger partial charge in [-0.3, -0.25) is 9.59 Å². The van der Waals surface area contributed by atoms with Crippen molar-refractivity contribution in [2.45, 2.75) is 45.4 Å². The van der Waals surface area contributed by atoms with Gasteiger partial charge in [0.25, 0.3) is 5.91 Å². The van der Waals surface area contributed by atoms with Crippen molar-refractivity contribution in [2.75, 3.05) is 13.2 Å². The lowest BCUT2D eigenvalue weighted by Gasteiger charge is -2.51. The number of ether oxygens (including phenoxy) is 1. The van der Waals surface area contributed by atoms with E-state index in [1.54, 1.807) is 19.9 Å². The third-order valence-corrected chi connectivity index (χ3v) is 7.07. The number of hydrogen-bond acceptors (Lipinski definition) is 6. The van der Waals surface area contributed by atoms with Gasteiger partial charge < -0.3 is 25.2 Å². The highest BCUT2D eigenvalue weighted by molar-refractivity contribution is 6.30. The summed E-state index contributed by atoms with van der Waals surface area (Å²) >= 11 is 5.77. The molecule has 0 radical (unpaired) electrons. The largest absolute Gasteiger partial charge is 0.507 e. The van der Waals surface area contributed by atoms with Crippen molar-refractivity contribution in [2.24, 2.45) is 11.3 Å². The maximum absolute atomic E-state index is 14.1. The lowest BCUT2D eigenvalue weighted by Crippen LogP contribution is -2.62. The van der Waals surface area contributed by atoms with Crippen LogP contribution >= 0.6 is 11.6 Å². The molecule has 2 saturated heterocycles. The summed E-state index contributed by atoms with van der Waals surface area (Å²) in [5.74, 6) is -2.02. The van der Waals surface area contributed by atoms with Crippen molar-refractivity contribution in [1.82, 2.24) is 10.2 Å². The predicted octanol–water partition coefficient (Wildman–Crippen LogP) is 2.83. The smallest absolute Gasteiger partial charge is 0.252 e. The molecule has 7 nitrogen and oxygen atoms in total. The molecule has 0 aliphatic carbocycles. The monoisotopic (exact) mass is 464 g/mol. The topological polar surface area (TPSA) is 99.1 Å². The molecule has 1 aromatic carbocycles. The first-order valence-corrected chi connectivity index (χ1v) is 10.9. The van der Waals surface area contributed by atoms with Crippen molar-refractivity contribution < 1.29 is 28.9 Å². The number of halogens is 2. The molecule has 172 valence electrons. The van der Waals surface area contributed by atoms with E-state index in [-0.39, 0.29) is 46.6 Å². The maximum atomic E-state index is 14.1. The van der Waals surface area contributed by atoms with E-state index >= 15 is 0 Å². The van der Waals surface area contributed by atoms with E-state index in [4.69, 9.17) is 16.3 Å². The molecular weight excluding hydrogens is 439 g/mol. The summed E-state index contributed by atoms with van der Waals surface area (Å²) in [5.41, 5.74) is -1.71. The molecule has 3 unspecified atom stereocenters. The minimum Gasteiger partial charge on any atom is -0.507 e. The van der Waals surface area contributed by atoms with Crippen LogP contribution in [-0.4, -0.2) is 51.7 Å². The molecule has 0 saturated carbocycles. The summed E-state index contributed by atoms with van der Waals surface area (Å²) in [4.78, 5) is 27.6. The van der Waals surface area contributed by atoms with Gasteiger partial charge in [0.2, 0.25) is 0 Å². The number of piperidine rings is 1. The second kappa shape index (κ2) is 7.86. The second-order valence-electron chi connectivity index (χ2n) is 9.31. The molecular formula is C23H26ClFN2O5. The number of allylic oxidation sites excluding steroid dienone is 1. The van der Waals surface area contributed by atoms with E-state index in [1.807, 2.05) is 6.92 Å². The zero-order valence-corrected chi connectivity index (χ0v) is 18.9. The van der Waals surface area contributed by atoms with Gasteiger partial charge in [0.15, 0.2) is 11.5 Å². The van der Waals surface area contributed by atoms with Gasteiger partial charge in [0, 0.05) is 18.3 Å². The van der Waals surface area contributed by atoms with Crippen LogP contribution in [0.3, 0.4) is 0 Å². The Morgan fingerprint density at radius 2 is 2.12 bits per heavy atom. The summed E-state index contributed by atoms with van der Waals surface area (Å²) in [5, 5.41) is 23.7. The van der Waals surface area contributed by atoms with Crippen LogP contribution in [-0.2, 0) is 20.9 Å². The Balaban J connectivity index is 1.61. The number of aliphatic hydroxyl groups excluding tert-OH is 2. The van der Waals surface area contributed by atoms with Crippen LogP contribution in [0.1, 0.15) is 32.8 Å². The van der Waals surface area contributed by atoms with E-state index in [2.05, 4.69) is 5.32 Å². The predicted molar refractivity (Wildman–Crippen MR) is 115 cm³/mol. The van der Waals surface area contributed by atoms with Gasteiger partial charge in [-0.05, 0) is 32.3 Å². The Kier molecular flexibility index (Phi) is 5.59. The number of hydrogen-bond donors (Lipinski definition) is 3. The van der Waals surface area contributed by atoms with Gasteiger partial charge in [-0.1, -0.05) is 30.7 Å². The van der Waals surface area contributed by atoms with E-state index in [0.717, 1.165) is 0 Å². The zero-order chi connectivity index (χ0) is 23.4. The van der Waals surface area contributed by atoms with Crippen molar-refractivity contribution in [3.05, 3.63) is 57.8 Å². The van der Waals surface area contributed by atoms with Crippen molar-refractivity contribution >= 4 is 23.3 Å². The number of Topliss-reactive ketones (excluding diaryl/α,β-unsaturated/α-hetero) is 1. The molecule has 3 N–H and O–H groups in total. The van der Waals surface area contributed by atoms with Crippen LogP contribution in [0.4, 0.5) is 4.39 Å². The fourth-order valence-corrected chi connectivity index (χ4v) is 4.94. The number of ketones is 1. The molecule has 3 atom stereocenters. The molecule has 2 fully saturated rings. The fraction of sp³-hybridized carbons (Fsp3) is 0.478. The third kappa shape index (κ3) is 3.41. The highest BCUT2D eigenvalue weighted by Crippen LogP contribution is 2.51. The van der Waals surface area contributed by atoms with Crippen LogP contribution in [0.5, 0.6) is 0 Å². The lowest BCUT2D eigenvalue weighted by atomic mass is 9.65.